The summed E-state index contributed by atoms with van der Waals surface area (Å²) >= 11 is 5.93. The van der Waals surface area contributed by atoms with Crippen LogP contribution in [0.1, 0.15) is 10.4 Å². The van der Waals surface area contributed by atoms with E-state index in [1.54, 1.807) is 12.1 Å². The molecule has 0 spiro atoms. The van der Waals surface area contributed by atoms with E-state index in [9.17, 15) is 4.79 Å². The summed E-state index contributed by atoms with van der Waals surface area (Å²) in [6.45, 7) is 3.73. The van der Waals surface area contributed by atoms with Crippen molar-refractivity contribution < 1.29 is 4.79 Å². The third kappa shape index (κ3) is 2.30. The van der Waals surface area contributed by atoms with Crippen LogP contribution in [0.3, 0.4) is 0 Å². The van der Waals surface area contributed by atoms with E-state index < -0.39 is 0 Å². The minimum absolute atomic E-state index is 0.675. The number of hydrogen-bond acceptors (Lipinski definition) is 3. The van der Waals surface area contributed by atoms with Crippen LogP contribution in [0.4, 0.5) is 5.69 Å². The number of carbonyl (C=O) groups excluding carboxylic acids is 1. The molecule has 2 rings (SSSR count). The number of piperazine rings is 1. The fraction of sp³-hybridized carbons (Fsp3) is 0.364. The summed E-state index contributed by atoms with van der Waals surface area (Å²) in [5.74, 6) is 0. The molecule has 1 N–H and O–H groups in total. The number of nitrogens with one attached hydrogen (secondary N) is 1. The van der Waals surface area contributed by atoms with E-state index >= 15 is 0 Å². The van der Waals surface area contributed by atoms with E-state index in [0.717, 1.165) is 38.2 Å². The molecule has 0 saturated carbocycles. The first-order chi connectivity index (χ1) is 7.31. The zero-order valence-electron chi connectivity index (χ0n) is 8.37. The molecule has 0 atom stereocenters. The van der Waals surface area contributed by atoms with Gasteiger partial charge in [-0.2, -0.15) is 0 Å². The van der Waals surface area contributed by atoms with Gasteiger partial charge < -0.3 is 10.2 Å². The van der Waals surface area contributed by atoms with Crippen LogP contribution in [0.5, 0.6) is 0 Å². The molecule has 1 fully saturated rings. The van der Waals surface area contributed by atoms with Gasteiger partial charge in [0, 0.05) is 42.5 Å². The molecule has 0 radical (unpaired) electrons. The average molecular weight is 225 g/mol. The van der Waals surface area contributed by atoms with Gasteiger partial charge in [0.25, 0.3) is 0 Å². The third-order valence-electron chi connectivity index (χ3n) is 2.58. The van der Waals surface area contributed by atoms with Crippen molar-refractivity contribution in [2.75, 3.05) is 31.1 Å². The minimum atomic E-state index is 0.675. The first kappa shape index (κ1) is 10.5. The number of rotatable bonds is 2. The maximum Gasteiger partial charge on any atom is 0.152 e. The van der Waals surface area contributed by atoms with Crippen molar-refractivity contribution in [1.29, 1.82) is 0 Å². The number of benzene rings is 1. The van der Waals surface area contributed by atoms with E-state index in [-0.39, 0.29) is 0 Å². The smallest absolute Gasteiger partial charge is 0.152 e. The summed E-state index contributed by atoms with van der Waals surface area (Å²) in [6.07, 6.45) is 0.883. The Kier molecular flexibility index (Phi) is 3.23. The highest BCUT2D eigenvalue weighted by Gasteiger charge is 2.13. The Bertz CT molecular complexity index is 362. The number of anilines is 1. The lowest BCUT2D eigenvalue weighted by Gasteiger charge is -2.30. The molecule has 1 saturated heterocycles. The minimum Gasteiger partial charge on any atom is -0.368 e. The molecule has 0 aromatic heterocycles. The van der Waals surface area contributed by atoms with Crippen LogP contribution in [0.25, 0.3) is 0 Å². The highest BCUT2D eigenvalue weighted by Crippen LogP contribution is 2.23. The van der Waals surface area contributed by atoms with Gasteiger partial charge in [0.2, 0.25) is 0 Å². The van der Waals surface area contributed by atoms with Crippen molar-refractivity contribution in [2.24, 2.45) is 0 Å². The maximum absolute atomic E-state index is 10.9. The van der Waals surface area contributed by atoms with Crippen molar-refractivity contribution in [3.05, 3.63) is 28.8 Å². The summed E-state index contributed by atoms with van der Waals surface area (Å²) in [5, 5.41) is 3.95. The standard InChI is InChI=1S/C11H13ClN2O/c12-10-2-1-9(8-15)11(7-10)14-5-3-13-4-6-14/h1-2,7-8,13H,3-6H2. The second kappa shape index (κ2) is 4.64. The highest BCUT2D eigenvalue weighted by molar-refractivity contribution is 6.31. The third-order valence-corrected chi connectivity index (χ3v) is 2.81. The number of hydrogen-bond donors (Lipinski definition) is 1. The fourth-order valence-electron chi connectivity index (χ4n) is 1.80. The molecule has 3 nitrogen and oxygen atoms in total. The van der Waals surface area contributed by atoms with E-state index in [1.165, 1.54) is 0 Å². The Morgan fingerprint density at radius 2 is 2.07 bits per heavy atom. The zero-order chi connectivity index (χ0) is 10.7. The summed E-state index contributed by atoms with van der Waals surface area (Å²) in [6, 6.07) is 5.38. The van der Waals surface area contributed by atoms with Gasteiger partial charge in [-0.15, -0.1) is 0 Å². The Morgan fingerprint density at radius 3 is 2.73 bits per heavy atom. The van der Waals surface area contributed by atoms with E-state index in [4.69, 9.17) is 11.6 Å². The average Bonchev–Trinajstić information content (AvgIpc) is 2.30. The van der Waals surface area contributed by atoms with Gasteiger partial charge >= 0.3 is 0 Å². The Balaban J connectivity index is 2.31. The molecular formula is C11H13ClN2O. The van der Waals surface area contributed by atoms with Crippen LogP contribution in [0.15, 0.2) is 18.2 Å². The molecule has 4 heteroatoms. The quantitative estimate of drug-likeness (QED) is 0.774. The number of carbonyl (C=O) groups is 1. The second-order valence-corrected chi connectivity index (χ2v) is 3.99. The molecule has 0 unspecified atom stereocenters. The summed E-state index contributed by atoms with van der Waals surface area (Å²) in [5.41, 5.74) is 1.65. The van der Waals surface area contributed by atoms with Gasteiger partial charge in [-0.1, -0.05) is 11.6 Å². The second-order valence-electron chi connectivity index (χ2n) is 3.56. The van der Waals surface area contributed by atoms with Gasteiger partial charge in [-0.05, 0) is 18.2 Å². The molecule has 1 aromatic rings. The first-order valence-electron chi connectivity index (χ1n) is 5.01. The lowest BCUT2D eigenvalue weighted by atomic mass is 10.1. The van der Waals surface area contributed by atoms with Crippen LogP contribution in [-0.4, -0.2) is 32.5 Å². The molecule has 0 aliphatic carbocycles. The lowest BCUT2D eigenvalue weighted by molar-refractivity contribution is 0.112. The molecule has 1 heterocycles. The van der Waals surface area contributed by atoms with Crippen LogP contribution in [0, 0.1) is 0 Å². The topological polar surface area (TPSA) is 32.3 Å². The largest absolute Gasteiger partial charge is 0.368 e. The Hall–Kier alpha value is -1.06. The Labute approximate surface area is 94.0 Å². The van der Waals surface area contributed by atoms with Crippen molar-refractivity contribution in [2.45, 2.75) is 0 Å². The monoisotopic (exact) mass is 224 g/mol. The molecular weight excluding hydrogens is 212 g/mol. The molecule has 0 bridgehead atoms. The van der Waals surface area contributed by atoms with Crippen molar-refractivity contribution in [1.82, 2.24) is 5.32 Å². The number of nitrogens with zero attached hydrogens (tertiary/aromatic N) is 1. The van der Waals surface area contributed by atoms with Gasteiger partial charge in [0.1, 0.15) is 0 Å². The molecule has 1 aromatic carbocycles. The molecule has 1 aliphatic heterocycles. The van der Waals surface area contributed by atoms with E-state index in [1.807, 2.05) is 6.07 Å². The maximum atomic E-state index is 10.9. The van der Waals surface area contributed by atoms with Gasteiger partial charge in [0.15, 0.2) is 6.29 Å². The van der Waals surface area contributed by atoms with Gasteiger partial charge in [0.05, 0.1) is 0 Å². The van der Waals surface area contributed by atoms with E-state index in [0.29, 0.717) is 10.6 Å². The summed E-state index contributed by atoms with van der Waals surface area (Å²) < 4.78 is 0. The first-order valence-corrected chi connectivity index (χ1v) is 5.39. The normalized spacial score (nSPS) is 16.5. The highest BCUT2D eigenvalue weighted by atomic mass is 35.5. The van der Waals surface area contributed by atoms with Crippen molar-refractivity contribution in [3.63, 3.8) is 0 Å². The fourth-order valence-corrected chi connectivity index (χ4v) is 1.96. The van der Waals surface area contributed by atoms with Crippen molar-refractivity contribution >= 4 is 23.6 Å². The Morgan fingerprint density at radius 1 is 1.33 bits per heavy atom. The van der Waals surface area contributed by atoms with E-state index in [2.05, 4.69) is 10.2 Å². The van der Waals surface area contributed by atoms with Crippen LogP contribution in [-0.2, 0) is 0 Å². The number of halogens is 1. The van der Waals surface area contributed by atoms with Crippen molar-refractivity contribution in [3.8, 4) is 0 Å². The predicted octanol–water partition coefficient (Wildman–Crippen LogP) is 1.56. The number of aldehydes is 1. The molecule has 80 valence electrons. The summed E-state index contributed by atoms with van der Waals surface area (Å²) in [4.78, 5) is 13.1. The van der Waals surface area contributed by atoms with Crippen LogP contribution in [0.2, 0.25) is 5.02 Å². The van der Waals surface area contributed by atoms with Crippen LogP contribution >= 0.6 is 11.6 Å². The molecule has 1 aliphatic rings. The lowest BCUT2D eigenvalue weighted by Crippen LogP contribution is -2.43. The molecule has 0 amide bonds. The zero-order valence-corrected chi connectivity index (χ0v) is 9.13. The summed E-state index contributed by atoms with van der Waals surface area (Å²) in [7, 11) is 0. The van der Waals surface area contributed by atoms with Crippen LogP contribution < -0.4 is 10.2 Å². The molecule has 15 heavy (non-hydrogen) atoms. The predicted molar refractivity (Wildman–Crippen MR) is 61.9 cm³/mol. The van der Waals surface area contributed by atoms with Gasteiger partial charge in [-0.25, -0.2) is 0 Å². The SMILES string of the molecule is O=Cc1ccc(Cl)cc1N1CCNCC1. The van der Waals surface area contributed by atoms with Gasteiger partial charge in [-0.3, -0.25) is 4.79 Å².